The first kappa shape index (κ1) is 26.8. The van der Waals surface area contributed by atoms with Gasteiger partial charge in [-0.15, -0.1) is 0 Å². The van der Waals surface area contributed by atoms with Crippen LogP contribution in [0.4, 0.5) is 10.7 Å². The van der Waals surface area contributed by atoms with Gasteiger partial charge in [0.1, 0.15) is 5.60 Å². The monoisotopic (exact) mass is 538 g/mol. The van der Waals surface area contributed by atoms with Crippen LogP contribution in [0.3, 0.4) is 0 Å². The molecule has 1 aliphatic heterocycles. The molecule has 1 aromatic carbocycles. The average molecular weight is 539 g/mol. The summed E-state index contributed by atoms with van der Waals surface area (Å²) in [6.45, 7) is 8.56. The first-order chi connectivity index (χ1) is 18.3. The van der Waals surface area contributed by atoms with Crippen LogP contribution in [0.1, 0.15) is 59.3 Å². The van der Waals surface area contributed by atoms with Crippen molar-refractivity contribution in [3.05, 3.63) is 41.7 Å². The van der Waals surface area contributed by atoms with E-state index in [0.29, 0.717) is 22.6 Å². The smallest absolute Gasteiger partial charge is 0.410 e. The van der Waals surface area contributed by atoms with Crippen molar-refractivity contribution in [2.75, 3.05) is 25.0 Å². The Morgan fingerprint density at radius 2 is 1.97 bits per heavy atom. The Kier molecular flexibility index (Phi) is 8.09. The van der Waals surface area contributed by atoms with Crippen LogP contribution in [0, 0.1) is 5.92 Å². The minimum Gasteiger partial charge on any atom is -0.444 e. The predicted octanol–water partition coefficient (Wildman–Crippen LogP) is 6.24. The van der Waals surface area contributed by atoms with Crippen LogP contribution in [0.15, 0.2) is 36.7 Å². The summed E-state index contributed by atoms with van der Waals surface area (Å²) in [7, 11) is 0. The number of aromatic amines is 1. The lowest BCUT2D eigenvalue weighted by molar-refractivity contribution is 0.00646. The minimum atomic E-state index is -0.522. The molecule has 1 aliphatic carbocycles. The zero-order valence-corrected chi connectivity index (χ0v) is 23.4. The number of rotatable bonds is 6. The molecule has 2 aliphatic rings. The summed E-state index contributed by atoms with van der Waals surface area (Å²) in [4.78, 5) is 28.0. The fourth-order valence-corrected chi connectivity index (χ4v) is 5.88. The van der Waals surface area contributed by atoms with Crippen LogP contribution in [0.5, 0.6) is 0 Å². The highest BCUT2D eigenvalue weighted by Crippen LogP contribution is 2.33. The van der Waals surface area contributed by atoms with E-state index in [1.165, 1.54) is 0 Å². The van der Waals surface area contributed by atoms with E-state index in [9.17, 15) is 4.79 Å². The molecule has 0 bridgehead atoms. The van der Waals surface area contributed by atoms with E-state index in [4.69, 9.17) is 21.3 Å². The van der Waals surface area contributed by atoms with E-state index in [0.717, 1.165) is 74.6 Å². The number of hydrogen-bond donors (Lipinski definition) is 3. The van der Waals surface area contributed by atoms with Crippen LogP contribution in [0.2, 0.25) is 5.02 Å². The van der Waals surface area contributed by atoms with Crippen LogP contribution in [0.25, 0.3) is 22.2 Å². The molecule has 0 radical (unpaired) electrons. The van der Waals surface area contributed by atoms with E-state index in [1.54, 1.807) is 6.20 Å². The molecule has 5 rings (SSSR count). The Morgan fingerprint density at radius 1 is 1.18 bits per heavy atom. The summed E-state index contributed by atoms with van der Waals surface area (Å²) >= 11 is 6.55. The fraction of sp³-hybridized carbons (Fsp3) is 0.552. The maximum atomic E-state index is 13.3. The predicted molar refractivity (Wildman–Crippen MR) is 153 cm³/mol. The third-order valence-electron chi connectivity index (χ3n) is 7.55. The van der Waals surface area contributed by atoms with Gasteiger partial charge >= 0.3 is 6.09 Å². The number of piperidine rings is 1. The van der Waals surface area contributed by atoms with Crippen molar-refractivity contribution < 1.29 is 9.53 Å². The lowest BCUT2D eigenvalue weighted by atomic mass is 9.88. The Bertz CT molecular complexity index is 1250. The molecular weight excluding hydrogens is 500 g/mol. The molecule has 1 unspecified atom stereocenters. The van der Waals surface area contributed by atoms with Gasteiger partial charge in [-0.1, -0.05) is 29.8 Å². The number of H-pyrrole nitrogens is 1. The van der Waals surface area contributed by atoms with Crippen molar-refractivity contribution in [2.24, 2.45) is 5.92 Å². The number of carbonyl (C=O) groups excluding carboxylic acids is 1. The number of anilines is 1. The summed E-state index contributed by atoms with van der Waals surface area (Å²) in [5.41, 5.74) is 2.18. The van der Waals surface area contributed by atoms with E-state index in [2.05, 4.69) is 26.7 Å². The average Bonchev–Trinajstić information content (AvgIpc) is 3.32. The fourth-order valence-electron chi connectivity index (χ4n) is 5.69. The SMILES string of the molecule is CC(C)(C)OC(=O)N(CC1CCNCC1)C1CCC[C@@H](Nc2ncc(Cl)c(-c3c[nH]c4ccccc34)n2)C1. The van der Waals surface area contributed by atoms with Crippen molar-refractivity contribution >= 4 is 34.5 Å². The van der Waals surface area contributed by atoms with Gasteiger partial charge in [-0.25, -0.2) is 14.8 Å². The molecule has 2 fully saturated rings. The summed E-state index contributed by atoms with van der Waals surface area (Å²) in [5, 5.41) is 8.57. The molecule has 9 heteroatoms. The van der Waals surface area contributed by atoms with Crippen molar-refractivity contribution in [1.82, 2.24) is 25.2 Å². The molecule has 38 heavy (non-hydrogen) atoms. The molecule has 1 saturated heterocycles. The van der Waals surface area contributed by atoms with Crippen molar-refractivity contribution in [3.63, 3.8) is 0 Å². The highest BCUT2D eigenvalue weighted by Gasteiger charge is 2.34. The molecule has 1 saturated carbocycles. The minimum absolute atomic E-state index is 0.117. The summed E-state index contributed by atoms with van der Waals surface area (Å²) in [5.74, 6) is 1.05. The first-order valence-electron chi connectivity index (χ1n) is 13.8. The first-order valence-corrected chi connectivity index (χ1v) is 14.2. The lowest BCUT2D eigenvalue weighted by Crippen LogP contribution is -2.50. The van der Waals surface area contributed by atoms with E-state index in [-0.39, 0.29) is 18.2 Å². The molecule has 2 aromatic heterocycles. The number of nitrogens with zero attached hydrogens (tertiary/aromatic N) is 3. The number of hydrogen-bond acceptors (Lipinski definition) is 6. The van der Waals surface area contributed by atoms with Gasteiger partial charge < -0.3 is 25.3 Å². The van der Waals surface area contributed by atoms with Gasteiger partial charge in [0.25, 0.3) is 0 Å². The van der Waals surface area contributed by atoms with Crippen LogP contribution < -0.4 is 10.6 Å². The number of para-hydroxylation sites is 1. The normalized spacial score (nSPS) is 20.8. The number of fused-ring (bicyclic) bond motifs is 1. The number of benzene rings is 1. The number of ether oxygens (including phenoxy) is 1. The molecule has 3 aromatic rings. The van der Waals surface area contributed by atoms with Crippen LogP contribution in [-0.2, 0) is 4.74 Å². The molecule has 3 N–H and O–H groups in total. The number of aromatic nitrogens is 3. The largest absolute Gasteiger partial charge is 0.444 e. The second-order valence-electron chi connectivity index (χ2n) is 11.6. The van der Waals surface area contributed by atoms with Gasteiger partial charge in [0, 0.05) is 41.3 Å². The molecule has 2 atom stereocenters. The third kappa shape index (κ3) is 6.41. The Hall–Kier alpha value is -2.84. The van der Waals surface area contributed by atoms with E-state index in [1.807, 2.05) is 50.1 Å². The number of halogens is 1. The highest BCUT2D eigenvalue weighted by molar-refractivity contribution is 6.33. The Morgan fingerprint density at radius 3 is 2.76 bits per heavy atom. The second-order valence-corrected chi connectivity index (χ2v) is 12.0. The standard InChI is InChI=1S/C29H39ClN6O2/c1-29(2,3)38-28(37)36(18-19-11-13-31-14-12-19)21-8-6-7-20(15-21)34-27-33-17-24(30)26(35-27)23-16-32-25-10-5-4-9-22(23)25/h4-5,9-10,16-17,19-21,31-32H,6-8,11-15,18H2,1-3H3,(H,33,34,35)/t20-,21?/m1/s1. The molecule has 1 amide bonds. The third-order valence-corrected chi connectivity index (χ3v) is 7.83. The maximum Gasteiger partial charge on any atom is 0.410 e. The number of nitrogens with one attached hydrogen (secondary N) is 3. The summed E-state index contributed by atoms with van der Waals surface area (Å²) in [6.07, 6.45) is 9.41. The quantitative estimate of drug-likeness (QED) is 0.344. The topological polar surface area (TPSA) is 95.2 Å². The molecule has 8 nitrogen and oxygen atoms in total. The van der Waals surface area contributed by atoms with Gasteiger partial charge in [-0.05, 0) is 84.4 Å². The molecule has 0 spiro atoms. The van der Waals surface area contributed by atoms with Gasteiger partial charge in [0.05, 0.1) is 16.9 Å². The summed E-state index contributed by atoms with van der Waals surface area (Å²) in [6, 6.07) is 8.38. The number of carbonyl (C=O) groups is 1. The maximum absolute atomic E-state index is 13.3. The zero-order valence-electron chi connectivity index (χ0n) is 22.6. The Balaban J connectivity index is 1.32. The van der Waals surface area contributed by atoms with Crippen molar-refractivity contribution in [1.29, 1.82) is 0 Å². The van der Waals surface area contributed by atoms with Gasteiger partial charge in [-0.3, -0.25) is 0 Å². The van der Waals surface area contributed by atoms with Crippen molar-refractivity contribution in [3.8, 4) is 11.3 Å². The molecule has 204 valence electrons. The lowest BCUT2D eigenvalue weighted by Gasteiger charge is -2.40. The van der Waals surface area contributed by atoms with E-state index >= 15 is 0 Å². The summed E-state index contributed by atoms with van der Waals surface area (Å²) < 4.78 is 5.86. The van der Waals surface area contributed by atoms with Gasteiger partial charge in [0.2, 0.25) is 5.95 Å². The highest BCUT2D eigenvalue weighted by atomic mass is 35.5. The van der Waals surface area contributed by atoms with Crippen LogP contribution in [-0.4, -0.2) is 63.3 Å². The molecular formula is C29H39ClN6O2. The zero-order chi connectivity index (χ0) is 26.7. The van der Waals surface area contributed by atoms with Gasteiger partial charge in [-0.2, -0.15) is 0 Å². The van der Waals surface area contributed by atoms with Crippen LogP contribution >= 0.6 is 11.6 Å². The van der Waals surface area contributed by atoms with Gasteiger partial charge in [0.15, 0.2) is 0 Å². The van der Waals surface area contributed by atoms with E-state index < -0.39 is 5.60 Å². The van der Waals surface area contributed by atoms with Crippen molar-refractivity contribution in [2.45, 2.75) is 77.0 Å². The Labute approximate surface area is 229 Å². The number of amides is 1. The second kappa shape index (κ2) is 11.5. The molecule has 3 heterocycles.